The van der Waals surface area contributed by atoms with E-state index in [1.165, 1.54) is 11.0 Å². The molecule has 1 saturated carbocycles. The average molecular weight is 442 g/mol. The molecule has 3 amide bonds. The smallest absolute Gasteiger partial charge is 0.324 e. The fourth-order valence-corrected chi connectivity index (χ4v) is 4.31. The number of nitrogens with zero attached hydrogens (tertiary/aromatic N) is 1. The molecule has 0 atom stereocenters. The molecule has 0 spiro atoms. The minimum atomic E-state index is -3.40. The molecular weight excluding hydrogens is 413 g/mol. The van der Waals surface area contributed by atoms with Crippen molar-refractivity contribution in [1.82, 2.24) is 14.9 Å². The lowest BCUT2D eigenvalue weighted by Crippen LogP contribution is -2.29. The van der Waals surface area contributed by atoms with Crippen molar-refractivity contribution < 1.29 is 27.1 Å². The summed E-state index contributed by atoms with van der Waals surface area (Å²) in [6.45, 7) is 1.24. The first-order valence-corrected chi connectivity index (χ1v) is 11.9. The molecule has 2 fully saturated rings. The van der Waals surface area contributed by atoms with Crippen molar-refractivity contribution in [3.8, 4) is 5.75 Å². The third kappa shape index (κ3) is 7.24. The molecule has 0 radical (unpaired) electrons. The Balaban J connectivity index is 1.32. The van der Waals surface area contributed by atoms with E-state index in [-0.39, 0.29) is 30.5 Å². The molecule has 0 bridgehead atoms. The highest BCUT2D eigenvalue weighted by molar-refractivity contribution is 7.89. The summed E-state index contributed by atoms with van der Waals surface area (Å²) in [5.41, 5.74) is 0.809. The Kier molecular flexibility index (Phi) is 7.65. The number of halogens is 1. The summed E-state index contributed by atoms with van der Waals surface area (Å²) in [6, 6.07) is 4.22. The second kappa shape index (κ2) is 10.2. The van der Waals surface area contributed by atoms with Gasteiger partial charge in [-0.25, -0.2) is 22.3 Å². The molecule has 30 heavy (non-hydrogen) atoms. The van der Waals surface area contributed by atoms with Crippen LogP contribution in [0.15, 0.2) is 18.2 Å². The van der Waals surface area contributed by atoms with Crippen molar-refractivity contribution in [3.63, 3.8) is 0 Å². The van der Waals surface area contributed by atoms with Gasteiger partial charge in [-0.1, -0.05) is 12.5 Å². The number of urea groups is 1. The number of amides is 3. The highest BCUT2D eigenvalue weighted by atomic mass is 32.2. The molecular formula is C20H28FN3O5S. The van der Waals surface area contributed by atoms with E-state index >= 15 is 0 Å². The zero-order valence-electron chi connectivity index (χ0n) is 16.9. The van der Waals surface area contributed by atoms with E-state index in [9.17, 15) is 22.4 Å². The number of imide groups is 1. The van der Waals surface area contributed by atoms with E-state index in [1.54, 1.807) is 12.1 Å². The summed E-state index contributed by atoms with van der Waals surface area (Å²) in [5, 5.41) is 2.20. The van der Waals surface area contributed by atoms with Crippen LogP contribution in [0.4, 0.5) is 9.18 Å². The summed E-state index contributed by atoms with van der Waals surface area (Å²) >= 11 is 0. The minimum Gasteiger partial charge on any atom is -0.490 e. The van der Waals surface area contributed by atoms with Gasteiger partial charge in [0.2, 0.25) is 15.9 Å². The predicted octanol–water partition coefficient (Wildman–Crippen LogP) is 1.80. The van der Waals surface area contributed by atoms with Gasteiger partial charge >= 0.3 is 6.03 Å². The first-order chi connectivity index (χ1) is 14.3. The van der Waals surface area contributed by atoms with E-state index in [0.717, 1.165) is 18.4 Å². The van der Waals surface area contributed by atoms with Crippen LogP contribution in [0.3, 0.4) is 0 Å². The van der Waals surface area contributed by atoms with E-state index in [4.69, 9.17) is 4.74 Å². The van der Waals surface area contributed by atoms with Crippen LogP contribution in [0.5, 0.6) is 5.75 Å². The maximum absolute atomic E-state index is 13.8. The molecule has 1 aliphatic carbocycles. The highest BCUT2D eigenvalue weighted by Crippen LogP contribution is 2.30. The molecule has 1 aromatic rings. The Morgan fingerprint density at radius 2 is 2.00 bits per heavy atom. The van der Waals surface area contributed by atoms with Crippen LogP contribution in [0.1, 0.15) is 37.7 Å². The predicted molar refractivity (Wildman–Crippen MR) is 109 cm³/mol. The maximum atomic E-state index is 13.8. The van der Waals surface area contributed by atoms with Crippen LogP contribution in [-0.2, 0) is 21.2 Å². The third-order valence-corrected chi connectivity index (χ3v) is 6.58. The zero-order valence-corrected chi connectivity index (χ0v) is 17.7. The van der Waals surface area contributed by atoms with Crippen molar-refractivity contribution in [2.24, 2.45) is 5.92 Å². The van der Waals surface area contributed by atoms with Gasteiger partial charge in [-0.05, 0) is 55.7 Å². The fourth-order valence-electron chi connectivity index (χ4n) is 3.16. The van der Waals surface area contributed by atoms with Crippen LogP contribution in [0.25, 0.3) is 0 Å². The molecule has 2 N–H and O–H groups in total. The van der Waals surface area contributed by atoms with Crippen molar-refractivity contribution in [1.29, 1.82) is 0 Å². The van der Waals surface area contributed by atoms with Gasteiger partial charge in [-0.3, -0.25) is 10.1 Å². The van der Waals surface area contributed by atoms with E-state index < -0.39 is 21.9 Å². The number of carbonyl (C=O) groups excluding carboxylic acids is 2. The first-order valence-electron chi connectivity index (χ1n) is 10.3. The Bertz CT molecular complexity index is 873. The number of rotatable bonds is 13. The summed E-state index contributed by atoms with van der Waals surface area (Å²) < 4.78 is 46.1. The van der Waals surface area contributed by atoms with Crippen molar-refractivity contribution in [3.05, 3.63) is 29.6 Å². The summed E-state index contributed by atoms with van der Waals surface area (Å²) in [6.07, 6.45) is 4.42. The highest BCUT2D eigenvalue weighted by Gasteiger charge is 2.25. The molecule has 2 aliphatic rings. The van der Waals surface area contributed by atoms with Gasteiger partial charge in [0.1, 0.15) is 6.54 Å². The topological polar surface area (TPSA) is 105 Å². The van der Waals surface area contributed by atoms with Crippen LogP contribution >= 0.6 is 0 Å². The van der Waals surface area contributed by atoms with Gasteiger partial charge < -0.3 is 9.64 Å². The monoisotopic (exact) mass is 441 g/mol. The SMILES string of the molecule is O=C1CN(CCCCCS(=O)(=O)NCCc2ccc(F)c(OCC3CC3)c2)C(=O)N1. The summed E-state index contributed by atoms with van der Waals surface area (Å²) in [7, 11) is -3.40. The van der Waals surface area contributed by atoms with Gasteiger partial charge in [0.15, 0.2) is 11.6 Å². The number of unbranched alkanes of at least 4 members (excludes halogenated alkanes) is 2. The average Bonchev–Trinajstić information content (AvgIpc) is 3.45. The lowest BCUT2D eigenvalue weighted by molar-refractivity contribution is -0.118. The van der Waals surface area contributed by atoms with Gasteiger partial charge in [-0.2, -0.15) is 0 Å². The van der Waals surface area contributed by atoms with Crippen LogP contribution in [0, 0.1) is 11.7 Å². The standard InChI is InChI=1S/C20H28FN3O5S/c21-17-7-6-15(12-18(17)29-14-16-4-5-16)8-9-22-30(27,28)11-3-1-2-10-24-13-19(25)23-20(24)26/h6-7,12,16,22H,1-5,8-11,13-14H2,(H,23,25,26). The van der Waals surface area contributed by atoms with Crippen molar-refractivity contribution in [2.75, 3.05) is 32.0 Å². The molecule has 166 valence electrons. The Morgan fingerprint density at radius 1 is 1.20 bits per heavy atom. The Morgan fingerprint density at radius 3 is 2.70 bits per heavy atom. The van der Waals surface area contributed by atoms with E-state index in [1.807, 2.05) is 0 Å². The number of hydrogen-bond acceptors (Lipinski definition) is 5. The lowest BCUT2D eigenvalue weighted by atomic mass is 10.1. The van der Waals surface area contributed by atoms with Gasteiger partial charge in [0.25, 0.3) is 0 Å². The third-order valence-electron chi connectivity index (χ3n) is 5.11. The van der Waals surface area contributed by atoms with E-state index in [0.29, 0.717) is 44.8 Å². The van der Waals surface area contributed by atoms with E-state index in [2.05, 4.69) is 10.0 Å². The quantitative estimate of drug-likeness (QED) is 0.359. The fraction of sp³-hybridized carbons (Fsp3) is 0.600. The zero-order chi connectivity index (χ0) is 21.6. The molecule has 1 heterocycles. The van der Waals surface area contributed by atoms with Crippen LogP contribution in [0.2, 0.25) is 0 Å². The summed E-state index contributed by atoms with van der Waals surface area (Å²) in [5.74, 6) is 0.0212. The van der Waals surface area contributed by atoms with Gasteiger partial charge in [0.05, 0.1) is 12.4 Å². The second-order valence-corrected chi connectivity index (χ2v) is 9.74. The molecule has 0 unspecified atom stereocenters. The molecule has 10 heteroatoms. The van der Waals surface area contributed by atoms with Gasteiger partial charge in [-0.15, -0.1) is 0 Å². The van der Waals surface area contributed by atoms with Crippen LogP contribution < -0.4 is 14.8 Å². The molecule has 1 saturated heterocycles. The minimum absolute atomic E-state index is 0.00268. The number of benzene rings is 1. The number of carbonyl (C=O) groups is 2. The van der Waals surface area contributed by atoms with Crippen molar-refractivity contribution in [2.45, 2.75) is 38.5 Å². The summed E-state index contributed by atoms with van der Waals surface area (Å²) in [4.78, 5) is 23.9. The number of nitrogens with one attached hydrogen (secondary N) is 2. The number of ether oxygens (including phenoxy) is 1. The largest absolute Gasteiger partial charge is 0.490 e. The molecule has 8 nitrogen and oxygen atoms in total. The number of hydrogen-bond donors (Lipinski definition) is 2. The maximum Gasteiger partial charge on any atom is 0.324 e. The first kappa shape index (κ1) is 22.5. The molecule has 0 aromatic heterocycles. The normalized spacial score (nSPS) is 16.8. The number of sulfonamides is 1. The van der Waals surface area contributed by atoms with Crippen molar-refractivity contribution >= 4 is 22.0 Å². The molecule has 1 aliphatic heterocycles. The molecule has 1 aromatic carbocycles. The molecule has 3 rings (SSSR count). The Labute approximate surface area is 176 Å². The second-order valence-electron chi connectivity index (χ2n) is 7.82. The Hall–Kier alpha value is -2.20. The lowest BCUT2D eigenvalue weighted by Gasteiger charge is -2.12. The van der Waals surface area contributed by atoms with Gasteiger partial charge in [0, 0.05) is 13.1 Å². The van der Waals surface area contributed by atoms with Crippen LogP contribution in [-0.4, -0.2) is 57.3 Å².